The molecule has 0 bridgehead atoms. The molecule has 1 aromatic carbocycles. The smallest absolute Gasteiger partial charge is 0.311 e. The number of anilines is 1. The highest BCUT2D eigenvalue weighted by Crippen LogP contribution is 2.21. The van der Waals surface area contributed by atoms with Crippen LogP contribution in [0.4, 0.5) is 6.01 Å². The van der Waals surface area contributed by atoms with Gasteiger partial charge in [-0.1, -0.05) is 12.1 Å². The molecule has 0 radical (unpaired) electrons. The lowest BCUT2D eigenvalue weighted by Gasteiger charge is -2.18. The van der Waals surface area contributed by atoms with Gasteiger partial charge in [0, 0.05) is 12.5 Å². The Bertz CT molecular complexity index is 885. The minimum absolute atomic E-state index is 0.0316. The SMILES string of the molecule is Cc1nnc(-c2ccc(CN(c3ncco3)S(C)(=O)=O)cc2)o1. The van der Waals surface area contributed by atoms with E-state index in [4.69, 9.17) is 8.83 Å². The molecular weight excluding hydrogens is 320 g/mol. The van der Waals surface area contributed by atoms with E-state index in [0.717, 1.165) is 21.7 Å². The minimum Gasteiger partial charge on any atom is -0.431 e. The van der Waals surface area contributed by atoms with E-state index in [9.17, 15) is 8.42 Å². The standard InChI is InChI=1S/C14H14N4O4S/c1-10-16-17-13(22-10)12-5-3-11(4-6-12)9-18(23(2,19)20)14-15-7-8-21-14/h3-8H,9H2,1-2H3. The number of nitrogens with zero attached hydrogens (tertiary/aromatic N) is 4. The molecule has 8 nitrogen and oxygen atoms in total. The summed E-state index contributed by atoms with van der Waals surface area (Å²) in [6.07, 6.45) is 3.83. The second-order valence-corrected chi connectivity index (χ2v) is 6.81. The van der Waals surface area contributed by atoms with E-state index >= 15 is 0 Å². The first-order chi connectivity index (χ1) is 10.9. The average molecular weight is 334 g/mol. The number of rotatable bonds is 5. The van der Waals surface area contributed by atoms with Crippen molar-refractivity contribution in [2.24, 2.45) is 0 Å². The Morgan fingerprint density at radius 1 is 1.17 bits per heavy atom. The van der Waals surface area contributed by atoms with Crippen molar-refractivity contribution < 1.29 is 17.3 Å². The van der Waals surface area contributed by atoms with Crippen LogP contribution < -0.4 is 4.31 Å². The first kappa shape index (κ1) is 15.2. The third-order valence-electron chi connectivity index (χ3n) is 3.09. The van der Waals surface area contributed by atoms with E-state index in [1.165, 1.54) is 12.5 Å². The Morgan fingerprint density at radius 2 is 1.91 bits per heavy atom. The maximum Gasteiger partial charge on any atom is 0.311 e. The highest BCUT2D eigenvalue weighted by atomic mass is 32.2. The number of aryl methyl sites for hydroxylation is 1. The molecule has 120 valence electrons. The Morgan fingerprint density at radius 3 is 2.43 bits per heavy atom. The van der Waals surface area contributed by atoms with E-state index in [0.29, 0.717) is 11.8 Å². The molecule has 3 rings (SSSR count). The van der Waals surface area contributed by atoms with Crippen molar-refractivity contribution in [3.05, 3.63) is 48.2 Å². The van der Waals surface area contributed by atoms with Gasteiger partial charge in [-0.25, -0.2) is 17.7 Å². The first-order valence-corrected chi connectivity index (χ1v) is 8.55. The molecule has 0 saturated carbocycles. The van der Waals surface area contributed by atoms with Crippen LogP contribution in [0.15, 0.2) is 45.6 Å². The third-order valence-corrected chi connectivity index (χ3v) is 4.17. The van der Waals surface area contributed by atoms with E-state index in [2.05, 4.69) is 15.2 Å². The van der Waals surface area contributed by atoms with Gasteiger partial charge in [-0.15, -0.1) is 10.2 Å². The van der Waals surface area contributed by atoms with Crippen LogP contribution in [0.5, 0.6) is 0 Å². The summed E-state index contributed by atoms with van der Waals surface area (Å²) in [5, 5.41) is 7.71. The van der Waals surface area contributed by atoms with Crippen molar-refractivity contribution in [2.75, 3.05) is 10.6 Å². The van der Waals surface area contributed by atoms with Gasteiger partial charge in [-0.2, -0.15) is 0 Å². The Kier molecular flexibility index (Phi) is 3.87. The Labute approximate surface area is 132 Å². The van der Waals surface area contributed by atoms with Crippen molar-refractivity contribution in [3.8, 4) is 11.5 Å². The van der Waals surface area contributed by atoms with Crippen LogP contribution in [0.1, 0.15) is 11.5 Å². The van der Waals surface area contributed by atoms with Crippen molar-refractivity contribution >= 4 is 16.0 Å². The molecule has 0 aliphatic rings. The number of oxazole rings is 1. The van der Waals surface area contributed by atoms with Crippen molar-refractivity contribution in [2.45, 2.75) is 13.5 Å². The molecule has 0 aliphatic heterocycles. The fourth-order valence-electron chi connectivity index (χ4n) is 2.00. The number of hydrogen-bond donors (Lipinski definition) is 0. The lowest BCUT2D eigenvalue weighted by atomic mass is 10.1. The van der Waals surface area contributed by atoms with Crippen LogP contribution in [-0.2, 0) is 16.6 Å². The third kappa shape index (κ3) is 3.39. The molecule has 3 aromatic rings. The summed E-state index contributed by atoms with van der Waals surface area (Å²) in [7, 11) is -3.51. The Hall–Kier alpha value is -2.68. The lowest BCUT2D eigenvalue weighted by Crippen LogP contribution is -2.29. The first-order valence-electron chi connectivity index (χ1n) is 6.70. The molecule has 0 spiro atoms. The monoisotopic (exact) mass is 334 g/mol. The van der Waals surface area contributed by atoms with Crippen molar-refractivity contribution in [3.63, 3.8) is 0 Å². The predicted molar refractivity (Wildman–Crippen MR) is 82.0 cm³/mol. The predicted octanol–water partition coefficient (Wildman–Crippen LogP) is 2.00. The number of benzene rings is 1. The lowest BCUT2D eigenvalue weighted by molar-refractivity contribution is 0.532. The van der Waals surface area contributed by atoms with Crippen LogP contribution in [0.25, 0.3) is 11.5 Å². The van der Waals surface area contributed by atoms with Crippen LogP contribution in [0.2, 0.25) is 0 Å². The molecule has 0 amide bonds. The molecule has 0 fully saturated rings. The zero-order valence-corrected chi connectivity index (χ0v) is 13.3. The minimum atomic E-state index is -3.51. The fraction of sp³-hybridized carbons (Fsp3) is 0.214. The molecule has 0 saturated heterocycles. The average Bonchev–Trinajstić information content (AvgIpc) is 3.15. The van der Waals surface area contributed by atoms with Crippen LogP contribution >= 0.6 is 0 Å². The van der Waals surface area contributed by atoms with E-state index in [1.54, 1.807) is 31.2 Å². The van der Waals surface area contributed by atoms with Crippen LogP contribution in [0.3, 0.4) is 0 Å². The van der Waals surface area contributed by atoms with Gasteiger partial charge in [0.15, 0.2) is 0 Å². The molecule has 0 aliphatic carbocycles. The molecule has 0 N–H and O–H groups in total. The van der Waals surface area contributed by atoms with Crippen molar-refractivity contribution in [1.82, 2.24) is 15.2 Å². The summed E-state index contributed by atoms with van der Waals surface area (Å²) in [5.41, 5.74) is 1.53. The van der Waals surface area contributed by atoms with Gasteiger partial charge in [0.25, 0.3) is 0 Å². The Balaban J connectivity index is 1.84. The highest BCUT2D eigenvalue weighted by Gasteiger charge is 2.21. The normalized spacial score (nSPS) is 11.6. The molecule has 0 unspecified atom stereocenters. The van der Waals surface area contributed by atoms with E-state index in [1.807, 2.05) is 0 Å². The van der Waals surface area contributed by atoms with Crippen LogP contribution in [-0.4, -0.2) is 29.9 Å². The van der Waals surface area contributed by atoms with E-state index < -0.39 is 10.0 Å². The van der Waals surface area contributed by atoms with Gasteiger partial charge in [0.2, 0.25) is 21.8 Å². The van der Waals surface area contributed by atoms with Crippen molar-refractivity contribution in [1.29, 1.82) is 0 Å². The number of sulfonamides is 1. The quantitative estimate of drug-likeness (QED) is 0.703. The molecule has 9 heteroatoms. The summed E-state index contributed by atoms with van der Waals surface area (Å²) < 4.78 is 35.4. The van der Waals surface area contributed by atoms with Gasteiger partial charge in [0.05, 0.1) is 19.0 Å². The van der Waals surface area contributed by atoms with Gasteiger partial charge in [-0.05, 0) is 17.7 Å². The molecule has 2 heterocycles. The topological polar surface area (TPSA) is 102 Å². The fourth-order valence-corrected chi connectivity index (χ4v) is 2.76. The summed E-state index contributed by atoms with van der Waals surface area (Å²) >= 11 is 0. The van der Waals surface area contributed by atoms with Gasteiger partial charge in [-0.3, -0.25) is 0 Å². The van der Waals surface area contributed by atoms with Crippen LogP contribution in [0, 0.1) is 6.92 Å². The largest absolute Gasteiger partial charge is 0.431 e. The number of hydrogen-bond acceptors (Lipinski definition) is 7. The molecule has 0 atom stereocenters. The zero-order valence-electron chi connectivity index (χ0n) is 12.5. The maximum absolute atomic E-state index is 11.9. The second-order valence-electron chi connectivity index (χ2n) is 4.91. The van der Waals surface area contributed by atoms with Gasteiger partial charge in [0.1, 0.15) is 6.26 Å². The summed E-state index contributed by atoms with van der Waals surface area (Å²) in [6, 6.07) is 7.19. The number of aromatic nitrogens is 3. The zero-order chi connectivity index (χ0) is 16.4. The van der Waals surface area contributed by atoms with Gasteiger partial charge < -0.3 is 8.83 Å². The summed E-state index contributed by atoms with van der Waals surface area (Å²) in [5.74, 6) is 0.901. The molecule has 23 heavy (non-hydrogen) atoms. The van der Waals surface area contributed by atoms with Gasteiger partial charge >= 0.3 is 6.01 Å². The van der Waals surface area contributed by atoms with E-state index in [-0.39, 0.29) is 12.6 Å². The maximum atomic E-state index is 11.9. The molecule has 2 aromatic heterocycles. The highest BCUT2D eigenvalue weighted by molar-refractivity contribution is 7.92. The molecular formula is C14H14N4O4S. The summed E-state index contributed by atoms with van der Waals surface area (Å²) in [6.45, 7) is 1.83. The summed E-state index contributed by atoms with van der Waals surface area (Å²) in [4.78, 5) is 3.89. The second kappa shape index (κ2) is 5.84.